The Hall–Kier alpha value is -2.73. The Labute approximate surface area is 174 Å². The van der Waals surface area contributed by atoms with Crippen LogP contribution in [0.1, 0.15) is 30.0 Å². The first kappa shape index (κ1) is 19.6. The number of rotatable bonds is 4. The highest BCUT2D eigenvalue weighted by molar-refractivity contribution is 6.32. The number of aromatic hydroxyl groups is 1. The number of likely N-dealkylation sites (tertiary alicyclic amines) is 1. The van der Waals surface area contributed by atoms with Gasteiger partial charge in [0.05, 0.1) is 17.5 Å². The number of benzene rings is 2. The Morgan fingerprint density at radius 3 is 2.55 bits per heavy atom. The van der Waals surface area contributed by atoms with E-state index in [-0.39, 0.29) is 41.3 Å². The molecule has 0 bridgehead atoms. The third-order valence-corrected chi connectivity index (χ3v) is 5.98. The number of halogens is 1. The molecule has 0 radical (unpaired) electrons. The summed E-state index contributed by atoms with van der Waals surface area (Å²) in [5, 5.41) is 9.76. The molecular weight excluding hydrogens is 392 g/mol. The van der Waals surface area contributed by atoms with E-state index in [1.165, 1.54) is 6.07 Å². The standard InChI is InChI=1S/C22H23ClN2O4/c23-18-12-15(6-7-20(18)26)13-21(27)24-10-8-17(9-11-24)25-19(14-29-22(25)28)16-4-2-1-3-5-16/h1-7,12,17,19,26H,8-11,13-14H2. The van der Waals surface area contributed by atoms with Gasteiger partial charge in [0.2, 0.25) is 5.91 Å². The van der Waals surface area contributed by atoms with Crippen LogP contribution in [0.25, 0.3) is 0 Å². The predicted octanol–water partition coefficient (Wildman–Crippen LogP) is 3.77. The molecule has 2 saturated heterocycles. The molecule has 0 spiro atoms. The molecule has 2 aliphatic rings. The highest BCUT2D eigenvalue weighted by Gasteiger charge is 2.40. The summed E-state index contributed by atoms with van der Waals surface area (Å²) in [6.07, 6.45) is 1.41. The number of hydrogen-bond donors (Lipinski definition) is 1. The number of carbonyl (C=O) groups is 2. The van der Waals surface area contributed by atoms with Crippen molar-refractivity contribution in [3.8, 4) is 5.75 Å². The van der Waals surface area contributed by atoms with E-state index in [9.17, 15) is 14.7 Å². The highest BCUT2D eigenvalue weighted by Crippen LogP contribution is 2.33. The van der Waals surface area contributed by atoms with E-state index in [4.69, 9.17) is 16.3 Å². The largest absolute Gasteiger partial charge is 0.506 e. The smallest absolute Gasteiger partial charge is 0.410 e. The van der Waals surface area contributed by atoms with Crippen LogP contribution in [0.4, 0.5) is 4.79 Å². The Morgan fingerprint density at radius 1 is 1.14 bits per heavy atom. The van der Waals surface area contributed by atoms with Crippen molar-refractivity contribution in [2.75, 3.05) is 19.7 Å². The zero-order valence-electron chi connectivity index (χ0n) is 16.0. The number of piperidine rings is 1. The molecule has 0 saturated carbocycles. The van der Waals surface area contributed by atoms with E-state index in [2.05, 4.69) is 0 Å². The van der Waals surface area contributed by atoms with Gasteiger partial charge in [-0.15, -0.1) is 0 Å². The Bertz CT molecular complexity index is 897. The Morgan fingerprint density at radius 2 is 1.86 bits per heavy atom. The van der Waals surface area contributed by atoms with Crippen LogP contribution >= 0.6 is 11.6 Å². The van der Waals surface area contributed by atoms with E-state index in [1.807, 2.05) is 40.1 Å². The molecule has 7 heteroatoms. The second-order valence-electron chi connectivity index (χ2n) is 7.49. The van der Waals surface area contributed by atoms with Gasteiger partial charge in [0, 0.05) is 19.1 Å². The average Bonchev–Trinajstić information content (AvgIpc) is 3.13. The molecular formula is C22H23ClN2O4. The number of phenols is 1. The van der Waals surface area contributed by atoms with Gasteiger partial charge in [-0.05, 0) is 36.1 Å². The summed E-state index contributed by atoms with van der Waals surface area (Å²) in [7, 11) is 0. The summed E-state index contributed by atoms with van der Waals surface area (Å²) in [4.78, 5) is 28.7. The van der Waals surface area contributed by atoms with Crippen molar-refractivity contribution in [2.24, 2.45) is 0 Å². The molecule has 152 valence electrons. The minimum Gasteiger partial charge on any atom is -0.506 e. The van der Waals surface area contributed by atoms with E-state index in [1.54, 1.807) is 12.1 Å². The maximum absolute atomic E-state index is 12.7. The molecule has 4 rings (SSSR count). The molecule has 2 fully saturated rings. The normalized spacial score (nSPS) is 20.0. The number of hydrogen-bond acceptors (Lipinski definition) is 4. The average molecular weight is 415 g/mol. The Balaban J connectivity index is 1.37. The number of amides is 2. The SMILES string of the molecule is O=C(Cc1ccc(O)c(Cl)c1)N1CCC(N2C(=O)OCC2c2ccccc2)CC1. The van der Waals surface area contributed by atoms with Crippen molar-refractivity contribution < 1.29 is 19.4 Å². The van der Waals surface area contributed by atoms with Gasteiger partial charge in [0.15, 0.2) is 0 Å². The van der Waals surface area contributed by atoms with Crippen molar-refractivity contribution in [2.45, 2.75) is 31.3 Å². The van der Waals surface area contributed by atoms with Gasteiger partial charge < -0.3 is 14.7 Å². The zero-order chi connectivity index (χ0) is 20.4. The number of phenolic OH excluding ortho intramolecular Hbond substituents is 1. The van der Waals surface area contributed by atoms with Gasteiger partial charge in [-0.25, -0.2) is 4.79 Å². The highest BCUT2D eigenvalue weighted by atomic mass is 35.5. The molecule has 2 aromatic rings. The van der Waals surface area contributed by atoms with E-state index < -0.39 is 0 Å². The number of cyclic esters (lactones) is 1. The minimum absolute atomic E-state index is 0.00847. The summed E-state index contributed by atoms with van der Waals surface area (Å²) in [6, 6.07) is 14.7. The zero-order valence-corrected chi connectivity index (χ0v) is 16.7. The van der Waals surface area contributed by atoms with Crippen LogP contribution in [0.15, 0.2) is 48.5 Å². The van der Waals surface area contributed by atoms with Crippen LogP contribution in [-0.4, -0.2) is 52.6 Å². The third-order valence-electron chi connectivity index (χ3n) is 5.67. The molecule has 1 atom stereocenters. The minimum atomic E-state index is -0.276. The van der Waals surface area contributed by atoms with Crippen molar-refractivity contribution in [3.63, 3.8) is 0 Å². The first-order valence-corrected chi connectivity index (χ1v) is 10.2. The second-order valence-corrected chi connectivity index (χ2v) is 7.89. The van der Waals surface area contributed by atoms with Crippen LogP contribution in [0.2, 0.25) is 5.02 Å². The van der Waals surface area contributed by atoms with Crippen LogP contribution in [-0.2, 0) is 16.0 Å². The summed E-state index contributed by atoms with van der Waals surface area (Å²) in [5.74, 6) is 0.0305. The molecule has 0 aliphatic carbocycles. The summed E-state index contributed by atoms with van der Waals surface area (Å²) in [5.41, 5.74) is 1.84. The first-order valence-electron chi connectivity index (χ1n) is 9.78. The molecule has 2 aliphatic heterocycles. The van der Waals surface area contributed by atoms with Gasteiger partial charge in [0.1, 0.15) is 12.4 Å². The second kappa shape index (κ2) is 8.33. The van der Waals surface area contributed by atoms with Crippen LogP contribution in [0.3, 0.4) is 0 Å². The molecule has 2 heterocycles. The molecule has 2 amide bonds. The van der Waals surface area contributed by atoms with Crippen molar-refractivity contribution in [3.05, 3.63) is 64.7 Å². The van der Waals surface area contributed by atoms with E-state index in [0.29, 0.717) is 19.7 Å². The lowest BCUT2D eigenvalue weighted by atomic mass is 9.98. The monoisotopic (exact) mass is 414 g/mol. The molecule has 1 unspecified atom stereocenters. The fourth-order valence-electron chi connectivity index (χ4n) is 4.11. The number of nitrogens with zero attached hydrogens (tertiary/aromatic N) is 2. The lowest BCUT2D eigenvalue weighted by Crippen LogP contribution is -2.48. The summed E-state index contributed by atoms with van der Waals surface area (Å²) in [6.45, 7) is 1.56. The maximum Gasteiger partial charge on any atom is 0.410 e. The van der Waals surface area contributed by atoms with Crippen molar-refractivity contribution in [1.29, 1.82) is 0 Å². The van der Waals surface area contributed by atoms with E-state index in [0.717, 1.165) is 24.0 Å². The van der Waals surface area contributed by atoms with Crippen LogP contribution < -0.4 is 0 Å². The fourth-order valence-corrected chi connectivity index (χ4v) is 4.31. The van der Waals surface area contributed by atoms with E-state index >= 15 is 0 Å². The van der Waals surface area contributed by atoms with Gasteiger partial charge in [-0.1, -0.05) is 48.0 Å². The van der Waals surface area contributed by atoms with Crippen LogP contribution in [0, 0.1) is 0 Å². The number of carbonyl (C=O) groups excluding carboxylic acids is 2. The first-order chi connectivity index (χ1) is 14.0. The van der Waals surface area contributed by atoms with Gasteiger partial charge in [-0.3, -0.25) is 9.69 Å². The van der Waals surface area contributed by atoms with Crippen LogP contribution in [0.5, 0.6) is 5.75 Å². The van der Waals surface area contributed by atoms with Crippen molar-refractivity contribution >= 4 is 23.6 Å². The molecule has 2 aromatic carbocycles. The third kappa shape index (κ3) is 4.17. The maximum atomic E-state index is 12.7. The summed E-state index contributed by atoms with van der Waals surface area (Å²) < 4.78 is 5.33. The van der Waals surface area contributed by atoms with Gasteiger partial charge in [-0.2, -0.15) is 0 Å². The lowest BCUT2D eigenvalue weighted by Gasteiger charge is -2.38. The van der Waals surface area contributed by atoms with Crippen molar-refractivity contribution in [1.82, 2.24) is 9.80 Å². The molecule has 29 heavy (non-hydrogen) atoms. The van der Waals surface area contributed by atoms with Gasteiger partial charge >= 0.3 is 6.09 Å². The quantitative estimate of drug-likeness (QED) is 0.826. The topological polar surface area (TPSA) is 70.1 Å². The van der Waals surface area contributed by atoms with Gasteiger partial charge in [0.25, 0.3) is 0 Å². The molecule has 6 nitrogen and oxygen atoms in total. The molecule has 1 N–H and O–H groups in total. The summed E-state index contributed by atoms with van der Waals surface area (Å²) >= 11 is 5.93. The Kier molecular flexibility index (Phi) is 5.62. The number of ether oxygens (including phenoxy) is 1. The fraction of sp³-hybridized carbons (Fsp3) is 0.364. The molecule has 0 aromatic heterocycles. The lowest BCUT2D eigenvalue weighted by molar-refractivity contribution is -0.131. The predicted molar refractivity (Wildman–Crippen MR) is 109 cm³/mol.